The Bertz CT molecular complexity index is 540. The van der Waals surface area contributed by atoms with Gasteiger partial charge in [0.25, 0.3) is 0 Å². The first kappa shape index (κ1) is 19.8. The van der Waals surface area contributed by atoms with Crippen LogP contribution in [-0.2, 0) is 4.79 Å². The molecule has 1 saturated heterocycles. The Morgan fingerprint density at radius 1 is 1.26 bits per heavy atom. The van der Waals surface area contributed by atoms with E-state index in [1.165, 1.54) is 12.1 Å². The third-order valence-electron chi connectivity index (χ3n) is 4.14. The number of amides is 1. The second-order valence-electron chi connectivity index (χ2n) is 7.00. The number of nitrogens with one attached hydrogen (secondary N) is 2. The Morgan fingerprint density at radius 2 is 1.87 bits per heavy atom. The minimum Gasteiger partial charge on any atom is -0.348 e. The minimum absolute atomic E-state index is 0. The summed E-state index contributed by atoms with van der Waals surface area (Å²) in [5, 5.41) is 6.19. The van der Waals surface area contributed by atoms with Crippen LogP contribution in [0.1, 0.15) is 45.2 Å². The number of carbonyl (C=O) groups excluding carboxylic acids is 1. The summed E-state index contributed by atoms with van der Waals surface area (Å²) in [5.74, 6) is -1.33. The van der Waals surface area contributed by atoms with Crippen LogP contribution in [0.25, 0.3) is 0 Å². The number of hydrogen-bond acceptors (Lipinski definition) is 2. The fourth-order valence-electron chi connectivity index (χ4n) is 2.84. The van der Waals surface area contributed by atoms with Crippen molar-refractivity contribution in [3.63, 3.8) is 0 Å². The molecular weight excluding hydrogens is 322 g/mol. The standard InChI is InChI=1S/C17H24F2N2O.ClH/c1-17(2,3)15(13-5-4-12(18)10-14(13)19)21-16(22)11-6-8-20-9-7-11;/h4-5,10-11,15,20H,6-9H2,1-3H3,(H,21,22);1H. The van der Waals surface area contributed by atoms with E-state index < -0.39 is 17.7 Å². The van der Waals surface area contributed by atoms with Crippen molar-refractivity contribution in [2.45, 2.75) is 39.7 Å². The molecule has 0 aromatic heterocycles. The average Bonchev–Trinajstić information content (AvgIpc) is 2.45. The Kier molecular flexibility index (Phi) is 6.96. The molecule has 3 nitrogen and oxygen atoms in total. The minimum atomic E-state index is -0.620. The molecular formula is C17H25ClF2N2O. The molecule has 0 saturated carbocycles. The van der Waals surface area contributed by atoms with Crippen LogP contribution in [0.4, 0.5) is 8.78 Å². The summed E-state index contributed by atoms with van der Waals surface area (Å²) in [5.41, 5.74) is -0.0440. The number of benzene rings is 1. The largest absolute Gasteiger partial charge is 0.348 e. The predicted octanol–water partition coefficient (Wildman–Crippen LogP) is 3.59. The zero-order valence-electron chi connectivity index (χ0n) is 13.8. The van der Waals surface area contributed by atoms with E-state index >= 15 is 0 Å². The van der Waals surface area contributed by atoms with Gasteiger partial charge in [-0.25, -0.2) is 8.78 Å². The Balaban J connectivity index is 0.00000264. The van der Waals surface area contributed by atoms with Crippen molar-refractivity contribution in [2.24, 2.45) is 11.3 Å². The molecule has 1 aromatic carbocycles. The topological polar surface area (TPSA) is 41.1 Å². The van der Waals surface area contributed by atoms with E-state index in [-0.39, 0.29) is 29.6 Å². The van der Waals surface area contributed by atoms with Crippen LogP contribution < -0.4 is 10.6 Å². The van der Waals surface area contributed by atoms with E-state index in [1.807, 2.05) is 20.8 Å². The molecule has 1 heterocycles. The highest BCUT2D eigenvalue weighted by Crippen LogP contribution is 2.34. The summed E-state index contributed by atoms with van der Waals surface area (Å²) >= 11 is 0. The maximum Gasteiger partial charge on any atom is 0.223 e. The first-order chi connectivity index (χ1) is 10.3. The van der Waals surface area contributed by atoms with Gasteiger partial charge in [-0.3, -0.25) is 4.79 Å². The number of halogens is 3. The number of piperidine rings is 1. The molecule has 1 fully saturated rings. The molecule has 0 aliphatic carbocycles. The van der Waals surface area contributed by atoms with Crippen LogP contribution in [0.2, 0.25) is 0 Å². The summed E-state index contributed by atoms with van der Waals surface area (Å²) in [4.78, 5) is 12.5. The summed E-state index contributed by atoms with van der Waals surface area (Å²) in [6.45, 7) is 7.45. The highest BCUT2D eigenvalue weighted by molar-refractivity contribution is 5.85. The number of hydrogen-bond donors (Lipinski definition) is 2. The van der Waals surface area contributed by atoms with Gasteiger partial charge in [-0.1, -0.05) is 26.8 Å². The smallest absolute Gasteiger partial charge is 0.223 e. The molecule has 130 valence electrons. The Labute approximate surface area is 142 Å². The molecule has 1 unspecified atom stereocenters. The van der Waals surface area contributed by atoms with E-state index in [2.05, 4.69) is 10.6 Å². The highest BCUT2D eigenvalue weighted by Gasteiger charge is 2.32. The maximum atomic E-state index is 14.1. The van der Waals surface area contributed by atoms with E-state index in [9.17, 15) is 13.6 Å². The summed E-state index contributed by atoms with van der Waals surface area (Å²) in [6, 6.07) is 3.03. The fraction of sp³-hybridized carbons (Fsp3) is 0.588. The van der Waals surface area contributed by atoms with E-state index in [0.717, 1.165) is 32.0 Å². The molecule has 0 radical (unpaired) electrons. The number of carbonyl (C=O) groups is 1. The van der Waals surface area contributed by atoms with Crippen LogP contribution in [0, 0.1) is 23.0 Å². The molecule has 1 atom stereocenters. The van der Waals surface area contributed by atoms with Crippen LogP contribution >= 0.6 is 12.4 Å². The van der Waals surface area contributed by atoms with Crippen molar-refractivity contribution in [1.29, 1.82) is 0 Å². The van der Waals surface area contributed by atoms with Crippen LogP contribution in [0.15, 0.2) is 18.2 Å². The SMILES string of the molecule is CC(C)(C)C(NC(=O)C1CCNCC1)c1ccc(F)cc1F.Cl. The van der Waals surface area contributed by atoms with Gasteiger partial charge >= 0.3 is 0 Å². The molecule has 0 bridgehead atoms. The lowest BCUT2D eigenvalue weighted by Crippen LogP contribution is -2.43. The van der Waals surface area contributed by atoms with Crippen molar-refractivity contribution in [3.05, 3.63) is 35.4 Å². The van der Waals surface area contributed by atoms with Crippen LogP contribution in [-0.4, -0.2) is 19.0 Å². The molecule has 1 aromatic rings. The molecule has 0 spiro atoms. The van der Waals surface area contributed by atoms with Crippen LogP contribution in [0.3, 0.4) is 0 Å². The first-order valence-corrected chi connectivity index (χ1v) is 7.75. The predicted molar refractivity (Wildman–Crippen MR) is 89.5 cm³/mol. The van der Waals surface area contributed by atoms with Gasteiger partial charge in [0.15, 0.2) is 0 Å². The van der Waals surface area contributed by atoms with Gasteiger partial charge in [0.1, 0.15) is 11.6 Å². The van der Waals surface area contributed by atoms with Gasteiger partial charge in [0.2, 0.25) is 5.91 Å². The quantitative estimate of drug-likeness (QED) is 0.878. The monoisotopic (exact) mass is 346 g/mol. The van der Waals surface area contributed by atoms with Crippen molar-refractivity contribution in [3.8, 4) is 0 Å². The second kappa shape index (κ2) is 8.06. The van der Waals surface area contributed by atoms with Gasteiger partial charge in [-0.15, -0.1) is 12.4 Å². The Morgan fingerprint density at radius 3 is 2.39 bits per heavy atom. The lowest BCUT2D eigenvalue weighted by atomic mass is 9.81. The molecule has 1 aliphatic rings. The van der Waals surface area contributed by atoms with Crippen molar-refractivity contribution < 1.29 is 13.6 Å². The second-order valence-corrected chi connectivity index (χ2v) is 7.00. The normalized spacial score (nSPS) is 17.3. The van der Waals surface area contributed by atoms with Gasteiger partial charge in [0.05, 0.1) is 6.04 Å². The van der Waals surface area contributed by atoms with E-state index in [4.69, 9.17) is 0 Å². The summed E-state index contributed by atoms with van der Waals surface area (Å²) < 4.78 is 27.2. The molecule has 2 N–H and O–H groups in total. The van der Waals surface area contributed by atoms with Crippen molar-refractivity contribution in [2.75, 3.05) is 13.1 Å². The van der Waals surface area contributed by atoms with Gasteiger partial charge < -0.3 is 10.6 Å². The lowest BCUT2D eigenvalue weighted by Gasteiger charge is -2.34. The summed E-state index contributed by atoms with van der Waals surface area (Å²) in [6.07, 6.45) is 1.57. The number of rotatable bonds is 3. The highest BCUT2D eigenvalue weighted by atomic mass is 35.5. The molecule has 1 aliphatic heterocycles. The van der Waals surface area contributed by atoms with Crippen molar-refractivity contribution in [1.82, 2.24) is 10.6 Å². The van der Waals surface area contributed by atoms with E-state index in [1.54, 1.807) is 0 Å². The average molecular weight is 347 g/mol. The molecule has 23 heavy (non-hydrogen) atoms. The zero-order chi connectivity index (χ0) is 16.3. The lowest BCUT2D eigenvalue weighted by molar-refractivity contribution is -0.127. The zero-order valence-corrected chi connectivity index (χ0v) is 14.6. The summed E-state index contributed by atoms with van der Waals surface area (Å²) in [7, 11) is 0. The Hall–Kier alpha value is -1.20. The molecule has 2 rings (SSSR count). The van der Waals surface area contributed by atoms with Gasteiger partial charge in [-0.05, 0) is 37.4 Å². The van der Waals surface area contributed by atoms with Crippen molar-refractivity contribution >= 4 is 18.3 Å². The first-order valence-electron chi connectivity index (χ1n) is 7.75. The maximum absolute atomic E-state index is 14.1. The fourth-order valence-corrected chi connectivity index (χ4v) is 2.84. The molecule has 6 heteroatoms. The third kappa shape index (κ3) is 5.15. The van der Waals surface area contributed by atoms with Gasteiger partial charge in [-0.2, -0.15) is 0 Å². The molecule has 1 amide bonds. The van der Waals surface area contributed by atoms with E-state index in [0.29, 0.717) is 5.56 Å². The van der Waals surface area contributed by atoms with Gasteiger partial charge in [0, 0.05) is 17.5 Å². The van der Waals surface area contributed by atoms with Crippen LogP contribution in [0.5, 0.6) is 0 Å². The third-order valence-corrected chi connectivity index (χ3v) is 4.14.